The molecule has 2 aromatic carbocycles. The lowest BCUT2D eigenvalue weighted by atomic mass is 9.86. The van der Waals surface area contributed by atoms with Crippen molar-refractivity contribution in [2.45, 2.75) is 38.3 Å². The molecule has 0 unspecified atom stereocenters. The zero-order chi connectivity index (χ0) is 24.1. The molecule has 1 aliphatic rings. The van der Waals surface area contributed by atoms with Crippen molar-refractivity contribution < 1.29 is 19.0 Å². The van der Waals surface area contributed by atoms with Gasteiger partial charge in [-0.05, 0) is 55.5 Å². The van der Waals surface area contributed by atoms with Crippen molar-refractivity contribution in [1.29, 1.82) is 0 Å². The molecule has 3 aromatic rings. The van der Waals surface area contributed by atoms with Gasteiger partial charge < -0.3 is 24.4 Å². The van der Waals surface area contributed by atoms with E-state index in [9.17, 15) is 4.79 Å². The number of nitrogens with one attached hydrogen (secondary N) is 1. The Morgan fingerprint density at radius 2 is 1.68 bits per heavy atom. The maximum atomic E-state index is 12.7. The number of nitrogens with zero attached hydrogens (tertiary/aromatic N) is 3. The number of hydrogen-bond donors (Lipinski definition) is 1. The lowest BCUT2D eigenvalue weighted by Gasteiger charge is -2.28. The van der Waals surface area contributed by atoms with Crippen LogP contribution in [0.1, 0.15) is 31.2 Å². The fourth-order valence-corrected chi connectivity index (χ4v) is 4.34. The molecule has 1 aromatic heterocycles. The van der Waals surface area contributed by atoms with Crippen molar-refractivity contribution in [3.63, 3.8) is 0 Å². The molecule has 1 saturated carbocycles. The SMILES string of the molecule is COc1cc(COC(=O)[C@H]2CC[C@@H](Nc3nc(N(C)C)c4ccccc4n3)CC2)cc(OC)c1. The lowest BCUT2D eigenvalue weighted by molar-refractivity contribution is -0.151. The van der Waals surface area contributed by atoms with Crippen LogP contribution in [0, 0.1) is 5.92 Å². The van der Waals surface area contributed by atoms with Crippen LogP contribution >= 0.6 is 0 Å². The highest BCUT2D eigenvalue weighted by Gasteiger charge is 2.28. The normalized spacial score (nSPS) is 17.8. The van der Waals surface area contributed by atoms with Crippen molar-refractivity contribution in [2.24, 2.45) is 5.92 Å². The van der Waals surface area contributed by atoms with E-state index in [2.05, 4.69) is 5.32 Å². The van der Waals surface area contributed by atoms with E-state index in [1.165, 1.54) is 0 Å². The summed E-state index contributed by atoms with van der Waals surface area (Å²) < 4.78 is 16.2. The molecule has 8 heteroatoms. The molecule has 34 heavy (non-hydrogen) atoms. The van der Waals surface area contributed by atoms with E-state index in [0.29, 0.717) is 17.4 Å². The Balaban J connectivity index is 1.33. The van der Waals surface area contributed by atoms with Crippen LogP contribution in [0.3, 0.4) is 0 Å². The molecule has 0 aliphatic heterocycles. The molecule has 0 saturated heterocycles. The lowest BCUT2D eigenvalue weighted by Crippen LogP contribution is -2.31. The van der Waals surface area contributed by atoms with E-state index >= 15 is 0 Å². The summed E-state index contributed by atoms with van der Waals surface area (Å²) in [6, 6.07) is 13.7. The second-order valence-electron chi connectivity index (χ2n) is 8.80. The number of aromatic nitrogens is 2. The summed E-state index contributed by atoms with van der Waals surface area (Å²) in [6.45, 7) is 0.197. The van der Waals surface area contributed by atoms with Gasteiger partial charge in [0.25, 0.3) is 0 Å². The number of para-hydroxylation sites is 1. The maximum absolute atomic E-state index is 12.7. The molecule has 0 radical (unpaired) electrons. The third-order valence-corrected chi connectivity index (χ3v) is 6.19. The Bertz CT molecular complexity index is 1120. The first-order valence-corrected chi connectivity index (χ1v) is 11.6. The molecule has 1 aliphatic carbocycles. The molecule has 1 fully saturated rings. The van der Waals surface area contributed by atoms with Gasteiger partial charge in [-0.1, -0.05) is 12.1 Å². The van der Waals surface area contributed by atoms with Gasteiger partial charge >= 0.3 is 5.97 Å². The Kier molecular flexibility index (Phi) is 7.35. The minimum atomic E-state index is -0.155. The highest BCUT2D eigenvalue weighted by Crippen LogP contribution is 2.30. The Morgan fingerprint density at radius 3 is 2.32 bits per heavy atom. The number of anilines is 2. The number of ether oxygens (including phenoxy) is 3. The van der Waals surface area contributed by atoms with Crippen molar-refractivity contribution in [1.82, 2.24) is 9.97 Å². The number of methoxy groups -OCH3 is 2. The van der Waals surface area contributed by atoms with Crippen LogP contribution in [0.4, 0.5) is 11.8 Å². The number of carbonyl (C=O) groups is 1. The number of rotatable bonds is 8. The first-order chi connectivity index (χ1) is 16.5. The molecular formula is C26H32N4O4. The number of esters is 1. The van der Waals surface area contributed by atoms with E-state index in [-0.39, 0.29) is 24.5 Å². The quantitative estimate of drug-likeness (QED) is 0.490. The Labute approximate surface area is 200 Å². The summed E-state index contributed by atoms with van der Waals surface area (Å²) in [5.74, 6) is 2.60. The topological polar surface area (TPSA) is 85.8 Å². The molecule has 0 bridgehead atoms. The fraction of sp³-hybridized carbons (Fsp3) is 0.423. The van der Waals surface area contributed by atoms with Gasteiger partial charge in [0.2, 0.25) is 5.95 Å². The van der Waals surface area contributed by atoms with E-state index in [4.69, 9.17) is 24.2 Å². The highest BCUT2D eigenvalue weighted by molar-refractivity contribution is 5.90. The molecule has 0 amide bonds. The summed E-state index contributed by atoms with van der Waals surface area (Å²) >= 11 is 0. The van der Waals surface area contributed by atoms with Crippen LogP contribution in [0.2, 0.25) is 0 Å². The smallest absolute Gasteiger partial charge is 0.309 e. The largest absolute Gasteiger partial charge is 0.497 e. The summed E-state index contributed by atoms with van der Waals surface area (Å²) in [4.78, 5) is 24.1. The van der Waals surface area contributed by atoms with E-state index in [1.54, 1.807) is 20.3 Å². The second-order valence-corrected chi connectivity index (χ2v) is 8.80. The summed E-state index contributed by atoms with van der Waals surface area (Å²) in [6.07, 6.45) is 3.26. The zero-order valence-electron chi connectivity index (χ0n) is 20.2. The maximum Gasteiger partial charge on any atom is 0.309 e. The molecule has 180 valence electrons. The van der Waals surface area contributed by atoms with Gasteiger partial charge in [-0.15, -0.1) is 0 Å². The van der Waals surface area contributed by atoms with Gasteiger partial charge in [-0.2, -0.15) is 4.98 Å². The van der Waals surface area contributed by atoms with Crippen molar-refractivity contribution in [2.75, 3.05) is 38.5 Å². The van der Waals surface area contributed by atoms with Gasteiger partial charge in [-0.3, -0.25) is 4.79 Å². The van der Waals surface area contributed by atoms with Crippen LogP contribution in [-0.4, -0.2) is 50.3 Å². The molecule has 8 nitrogen and oxygen atoms in total. The van der Waals surface area contributed by atoms with Crippen LogP contribution in [0.15, 0.2) is 42.5 Å². The minimum Gasteiger partial charge on any atom is -0.497 e. The van der Waals surface area contributed by atoms with E-state index in [0.717, 1.165) is 48.0 Å². The van der Waals surface area contributed by atoms with Crippen LogP contribution in [0.25, 0.3) is 10.9 Å². The van der Waals surface area contributed by atoms with Gasteiger partial charge in [0, 0.05) is 31.6 Å². The van der Waals surface area contributed by atoms with Crippen LogP contribution in [-0.2, 0) is 16.1 Å². The summed E-state index contributed by atoms with van der Waals surface area (Å²) in [7, 11) is 7.16. The third-order valence-electron chi connectivity index (χ3n) is 6.19. The van der Waals surface area contributed by atoms with Gasteiger partial charge in [0.05, 0.1) is 25.7 Å². The predicted molar refractivity (Wildman–Crippen MR) is 133 cm³/mol. The number of benzene rings is 2. The predicted octanol–water partition coefficient (Wildman–Crippen LogP) is 4.43. The van der Waals surface area contributed by atoms with E-state index in [1.807, 2.05) is 55.4 Å². The third kappa shape index (κ3) is 5.50. The van der Waals surface area contributed by atoms with Gasteiger partial charge in [-0.25, -0.2) is 4.98 Å². The van der Waals surface area contributed by atoms with Crippen molar-refractivity contribution in [3.05, 3.63) is 48.0 Å². The van der Waals surface area contributed by atoms with Crippen LogP contribution in [0.5, 0.6) is 11.5 Å². The first-order valence-electron chi connectivity index (χ1n) is 11.6. The first kappa shape index (κ1) is 23.6. The van der Waals surface area contributed by atoms with Gasteiger partial charge in [0.1, 0.15) is 23.9 Å². The fourth-order valence-electron chi connectivity index (χ4n) is 4.34. The highest BCUT2D eigenvalue weighted by atomic mass is 16.5. The Hall–Kier alpha value is -3.55. The Morgan fingerprint density at radius 1 is 1.00 bits per heavy atom. The minimum absolute atomic E-state index is 0.0968. The summed E-state index contributed by atoms with van der Waals surface area (Å²) in [5.41, 5.74) is 1.75. The molecule has 0 spiro atoms. The molecule has 1 heterocycles. The van der Waals surface area contributed by atoms with Crippen LogP contribution < -0.4 is 19.7 Å². The molecule has 1 N–H and O–H groups in total. The van der Waals surface area contributed by atoms with Gasteiger partial charge in [0.15, 0.2) is 0 Å². The van der Waals surface area contributed by atoms with Crippen molar-refractivity contribution >= 4 is 28.6 Å². The second kappa shape index (κ2) is 10.6. The average Bonchev–Trinajstić information content (AvgIpc) is 2.86. The molecule has 4 rings (SSSR count). The zero-order valence-corrected chi connectivity index (χ0v) is 20.2. The number of carbonyl (C=O) groups excluding carboxylic acids is 1. The average molecular weight is 465 g/mol. The summed E-state index contributed by atoms with van der Waals surface area (Å²) in [5, 5.41) is 4.51. The number of fused-ring (bicyclic) bond motifs is 1. The monoisotopic (exact) mass is 464 g/mol. The molecular weight excluding hydrogens is 432 g/mol. The van der Waals surface area contributed by atoms with E-state index < -0.39 is 0 Å². The standard InChI is InChI=1S/C26H32N4O4/c1-30(2)24-22-7-5-6-8-23(22)28-26(29-24)27-19-11-9-18(10-12-19)25(31)34-16-17-13-20(32-3)15-21(14-17)33-4/h5-8,13-15,18-19H,9-12,16H2,1-4H3,(H,27,28,29)/t18-,19+. The number of hydrogen-bond acceptors (Lipinski definition) is 8. The molecule has 0 atom stereocenters. The van der Waals surface area contributed by atoms with Crippen molar-refractivity contribution in [3.8, 4) is 11.5 Å².